The summed E-state index contributed by atoms with van der Waals surface area (Å²) in [5.41, 5.74) is 0. The van der Waals surface area contributed by atoms with E-state index in [4.69, 9.17) is 5.11 Å². The molecule has 0 aliphatic rings. The van der Waals surface area contributed by atoms with Crippen LogP contribution in [0.25, 0.3) is 0 Å². The molecule has 8 heteroatoms. The second-order valence-corrected chi connectivity index (χ2v) is 4.40. The zero-order valence-electron chi connectivity index (χ0n) is 6.25. The molecule has 1 aromatic heterocycles. The van der Waals surface area contributed by atoms with Crippen molar-refractivity contribution >= 4 is 32.4 Å². The number of nitrogens with one attached hydrogen (secondary N) is 1. The molecular formula is C5H6BrF2N3OS. The van der Waals surface area contributed by atoms with E-state index < -0.39 is 12.5 Å². The highest BCUT2D eigenvalue weighted by molar-refractivity contribution is 9.11. The quantitative estimate of drug-likeness (QED) is 0.869. The minimum atomic E-state index is -2.75. The maximum absolute atomic E-state index is 11.8. The highest BCUT2D eigenvalue weighted by Gasteiger charge is 2.16. The van der Waals surface area contributed by atoms with Gasteiger partial charge in [-0.05, 0) is 15.9 Å². The van der Waals surface area contributed by atoms with Crippen molar-refractivity contribution in [2.45, 2.75) is 12.5 Å². The third-order valence-corrected chi connectivity index (χ3v) is 2.47. The Morgan fingerprint density at radius 2 is 2.23 bits per heavy atom. The van der Waals surface area contributed by atoms with Gasteiger partial charge in [-0.3, -0.25) is 0 Å². The van der Waals surface area contributed by atoms with E-state index in [9.17, 15) is 8.78 Å². The molecule has 2 N–H and O–H groups in total. The van der Waals surface area contributed by atoms with Crippen molar-refractivity contribution < 1.29 is 13.9 Å². The molecular weight excluding hydrogens is 268 g/mol. The van der Waals surface area contributed by atoms with Gasteiger partial charge >= 0.3 is 0 Å². The second-order valence-electron chi connectivity index (χ2n) is 2.14. The fourth-order valence-corrected chi connectivity index (χ4v) is 1.58. The smallest absolute Gasteiger partial charge is 0.265 e. The SMILES string of the molecule is OC(CNc1nnc(Br)s1)C(F)F. The average Bonchev–Trinajstić information content (AvgIpc) is 2.47. The molecule has 0 bridgehead atoms. The molecule has 0 radical (unpaired) electrons. The fraction of sp³-hybridized carbons (Fsp3) is 0.600. The van der Waals surface area contributed by atoms with Crippen LogP contribution in [-0.2, 0) is 0 Å². The molecule has 74 valence electrons. The van der Waals surface area contributed by atoms with Crippen LogP contribution in [0.3, 0.4) is 0 Å². The van der Waals surface area contributed by atoms with Gasteiger partial charge in [0.1, 0.15) is 6.10 Å². The molecule has 0 amide bonds. The Kier molecular flexibility index (Phi) is 3.94. The Hall–Kier alpha value is -0.340. The summed E-state index contributed by atoms with van der Waals surface area (Å²) in [6.45, 7) is -0.237. The van der Waals surface area contributed by atoms with Crippen molar-refractivity contribution in [2.75, 3.05) is 11.9 Å². The Bertz CT molecular complexity index is 272. The van der Waals surface area contributed by atoms with Crippen molar-refractivity contribution in [3.05, 3.63) is 3.92 Å². The van der Waals surface area contributed by atoms with Gasteiger partial charge in [0.05, 0.1) is 0 Å². The number of nitrogens with zero attached hydrogens (tertiary/aromatic N) is 2. The predicted molar refractivity (Wildman–Crippen MR) is 48.1 cm³/mol. The van der Waals surface area contributed by atoms with Crippen LogP contribution in [0.2, 0.25) is 0 Å². The fourth-order valence-electron chi connectivity index (χ4n) is 0.558. The molecule has 0 fully saturated rings. The molecule has 0 aromatic carbocycles. The first-order valence-electron chi connectivity index (χ1n) is 3.28. The summed E-state index contributed by atoms with van der Waals surface area (Å²) in [5.74, 6) is 0. The molecule has 1 rings (SSSR count). The number of anilines is 1. The topological polar surface area (TPSA) is 58.0 Å². The van der Waals surface area contributed by atoms with Gasteiger partial charge in [0.25, 0.3) is 6.43 Å². The number of hydrogen-bond donors (Lipinski definition) is 2. The minimum absolute atomic E-state index is 0.237. The Balaban J connectivity index is 2.35. The Labute approximate surface area is 85.1 Å². The zero-order valence-corrected chi connectivity index (χ0v) is 8.65. The van der Waals surface area contributed by atoms with Gasteiger partial charge in [0.15, 0.2) is 3.92 Å². The number of halogens is 3. The normalized spacial score (nSPS) is 13.3. The van der Waals surface area contributed by atoms with Crippen molar-refractivity contribution in [3.8, 4) is 0 Å². The molecule has 0 saturated heterocycles. The van der Waals surface area contributed by atoms with Crippen LogP contribution in [0.15, 0.2) is 3.92 Å². The lowest BCUT2D eigenvalue weighted by atomic mass is 10.4. The standard InChI is InChI=1S/C5H6BrF2N3OS/c6-4-10-11-5(13-4)9-1-2(12)3(7)8/h2-3,12H,1H2,(H,9,11). The highest BCUT2D eigenvalue weighted by atomic mass is 79.9. The number of aliphatic hydroxyl groups is 1. The molecule has 0 spiro atoms. The first-order valence-corrected chi connectivity index (χ1v) is 4.89. The monoisotopic (exact) mass is 273 g/mol. The van der Waals surface area contributed by atoms with Crippen LogP contribution in [0.4, 0.5) is 13.9 Å². The van der Waals surface area contributed by atoms with E-state index in [1.165, 1.54) is 11.3 Å². The Morgan fingerprint density at radius 1 is 1.54 bits per heavy atom. The van der Waals surface area contributed by atoms with Gasteiger partial charge in [-0.25, -0.2) is 8.78 Å². The minimum Gasteiger partial charge on any atom is -0.385 e. The second kappa shape index (κ2) is 4.77. The largest absolute Gasteiger partial charge is 0.385 e. The van der Waals surface area contributed by atoms with Gasteiger partial charge in [0, 0.05) is 6.54 Å². The van der Waals surface area contributed by atoms with E-state index in [2.05, 4.69) is 31.4 Å². The third-order valence-electron chi connectivity index (χ3n) is 1.15. The van der Waals surface area contributed by atoms with Crippen LogP contribution in [0.5, 0.6) is 0 Å². The van der Waals surface area contributed by atoms with Gasteiger partial charge in [-0.15, -0.1) is 10.2 Å². The first kappa shape index (κ1) is 10.7. The molecule has 4 nitrogen and oxygen atoms in total. The average molecular weight is 274 g/mol. The van der Waals surface area contributed by atoms with Crippen molar-refractivity contribution in [2.24, 2.45) is 0 Å². The van der Waals surface area contributed by atoms with Crippen LogP contribution in [0.1, 0.15) is 0 Å². The lowest BCUT2D eigenvalue weighted by molar-refractivity contribution is 0.00384. The van der Waals surface area contributed by atoms with Gasteiger partial charge < -0.3 is 10.4 Å². The van der Waals surface area contributed by atoms with Crippen molar-refractivity contribution in [1.29, 1.82) is 0 Å². The molecule has 1 unspecified atom stereocenters. The molecule has 13 heavy (non-hydrogen) atoms. The summed E-state index contributed by atoms with van der Waals surface area (Å²) in [7, 11) is 0. The lowest BCUT2D eigenvalue weighted by Gasteiger charge is -2.08. The molecule has 0 aliphatic heterocycles. The Morgan fingerprint density at radius 3 is 2.69 bits per heavy atom. The number of aliphatic hydroxyl groups excluding tert-OH is 1. The summed E-state index contributed by atoms with van der Waals surface area (Å²) in [5, 5.41) is 18.8. The summed E-state index contributed by atoms with van der Waals surface area (Å²) < 4.78 is 24.2. The molecule has 1 aromatic rings. The van der Waals surface area contributed by atoms with Gasteiger partial charge in [-0.2, -0.15) is 0 Å². The van der Waals surface area contributed by atoms with Gasteiger partial charge in [0.2, 0.25) is 5.13 Å². The third kappa shape index (κ3) is 3.49. The summed E-state index contributed by atoms with van der Waals surface area (Å²) >= 11 is 4.23. The van der Waals surface area contributed by atoms with Crippen LogP contribution < -0.4 is 5.32 Å². The number of rotatable bonds is 4. The van der Waals surface area contributed by atoms with Crippen LogP contribution in [0, 0.1) is 0 Å². The summed E-state index contributed by atoms with van der Waals surface area (Å²) in [6.07, 6.45) is -4.42. The van der Waals surface area contributed by atoms with E-state index in [1.807, 2.05) is 0 Å². The molecule has 1 heterocycles. The van der Waals surface area contributed by atoms with Crippen LogP contribution in [-0.4, -0.2) is 34.4 Å². The summed E-state index contributed by atoms with van der Waals surface area (Å²) in [6, 6.07) is 0. The van der Waals surface area contributed by atoms with E-state index in [1.54, 1.807) is 0 Å². The van der Waals surface area contributed by atoms with Crippen molar-refractivity contribution in [1.82, 2.24) is 10.2 Å². The number of aromatic nitrogens is 2. The molecule has 1 atom stereocenters. The zero-order chi connectivity index (χ0) is 9.84. The summed E-state index contributed by atoms with van der Waals surface area (Å²) in [4.78, 5) is 0. The van der Waals surface area contributed by atoms with Crippen molar-refractivity contribution in [3.63, 3.8) is 0 Å². The predicted octanol–water partition coefficient (Wildman–Crippen LogP) is 1.34. The molecule has 0 saturated carbocycles. The number of hydrogen-bond acceptors (Lipinski definition) is 5. The number of alkyl halides is 2. The van der Waals surface area contributed by atoms with Gasteiger partial charge in [-0.1, -0.05) is 11.3 Å². The molecule has 0 aliphatic carbocycles. The van der Waals surface area contributed by atoms with E-state index in [0.29, 0.717) is 9.05 Å². The maximum Gasteiger partial charge on any atom is 0.265 e. The first-order chi connectivity index (χ1) is 6.09. The highest BCUT2D eigenvalue weighted by Crippen LogP contribution is 2.19. The maximum atomic E-state index is 11.8. The van der Waals surface area contributed by atoms with E-state index in [-0.39, 0.29) is 6.54 Å². The van der Waals surface area contributed by atoms with Crippen LogP contribution >= 0.6 is 27.3 Å². The lowest BCUT2D eigenvalue weighted by Crippen LogP contribution is -2.26. The van der Waals surface area contributed by atoms with E-state index >= 15 is 0 Å². The van der Waals surface area contributed by atoms with E-state index in [0.717, 1.165) is 0 Å².